The summed E-state index contributed by atoms with van der Waals surface area (Å²) >= 11 is 4.37. The van der Waals surface area contributed by atoms with Crippen molar-refractivity contribution in [2.24, 2.45) is 0 Å². The van der Waals surface area contributed by atoms with Gasteiger partial charge in [-0.05, 0) is 82.6 Å². The van der Waals surface area contributed by atoms with Crippen molar-refractivity contribution in [1.82, 2.24) is 10.2 Å². The number of amides is 3. The molecule has 0 aromatic heterocycles. The van der Waals surface area contributed by atoms with E-state index >= 15 is 0 Å². The number of carbonyl (C=O) groups excluding carboxylic acids is 3. The van der Waals surface area contributed by atoms with Gasteiger partial charge in [0.1, 0.15) is 17.7 Å². The predicted molar refractivity (Wildman–Crippen MR) is 155 cm³/mol. The van der Waals surface area contributed by atoms with E-state index in [1.807, 2.05) is 56.3 Å². The summed E-state index contributed by atoms with van der Waals surface area (Å²) in [6.45, 7) is 11.3. The molecule has 2 N–H and O–H groups in total. The van der Waals surface area contributed by atoms with E-state index in [9.17, 15) is 14.4 Å². The molecule has 2 atom stereocenters. The van der Waals surface area contributed by atoms with E-state index in [0.29, 0.717) is 0 Å². The van der Waals surface area contributed by atoms with Crippen LogP contribution in [-0.4, -0.2) is 46.2 Å². The molecule has 0 heterocycles. The van der Waals surface area contributed by atoms with Crippen molar-refractivity contribution in [2.45, 2.75) is 91.0 Å². The van der Waals surface area contributed by atoms with Crippen molar-refractivity contribution < 1.29 is 19.1 Å². The minimum Gasteiger partial charge on any atom is -0.444 e. The van der Waals surface area contributed by atoms with Crippen LogP contribution >= 0.6 is 12.6 Å². The predicted octanol–water partition coefficient (Wildman–Crippen LogP) is 5.75. The average molecular weight is 540 g/mol. The van der Waals surface area contributed by atoms with Gasteiger partial charge in [0.15, 0.2) is 0 Å². The zero-order valence-electron chi connectivity index (χ0n) is 23.3. The summed E-state index contributed by atoms with van der Waals surface area (Å²) < 4.78 is 5.39. The van der Waals surface area contributed by atoms with Gasteiger partial charge in [-0.2, -0.15) is 12.6 Å². The van der Waals surface area contributed by atoms with Crippen LogP contribution in [0.2, 0.25) is 0 Å². The lowest BCUT2D eigenvalue weighted by atomic mass is 9.88. The smallest absolute Gasteiger partial charge is 0.408 e. The summed E-state index contributed by atoms with van der Waals surface area (Å²) in [5.74, 6) is -0.569. The largest absolute Gasteiger partial charge is 0.444 e. The van der Waals surface area contributed by atoms with Crippen molar-refractivity contribution in [3.05, 3.63) is 64.7 Å². The average Bonchev–Trinajstić information content (AvgIpc) is 2.82. The summed E-state index contributed by atoms with van der Waals surface area (Å²) in [7, 11) is 0. The van der Waals surface area contributed by atoms with Gasteiger partial charge in [0.05, 0.1) is 0 Å². The Morgan fingerprint density at radius 2 is 1.66 bits per heavy atom. The summed E-state index contributed by atoms with van der Waals surface area (Å²) in [4.78, 5) is 42.3. The second-order valence-corrected chi connectivity index (χ2v) is 11.3. The fourth-order valence-corrected chi connectivity index (χ4v) is 4.82. The maximum absolute atomic E-state index is 14.1. The number of nitrogens with zero attached hydrogens (tertiary/aromatic N) is 1. The Labute approximate surface area is 232 Å². The lowest BCUT2D eigenvalue weighted by Crippen LogP contribution is -2.57. The van der Waals surface area contributed by atoms with E-state index in [4.69, 9.17) is 4.74 Å². The molecule has 2 aromatic carbocycles. The fraction of sp³-hybridized carbons (Fsp3) is 0.500. The van der Waals surface area contributed by atoms with E-state index in [0.717, 1.165) is 53.6 Å². The summed E-state index contributed by atoms with van der Waals surface area (Å²) in [5, 5.41) is 5.79. The van der Waals surface area contributed by atoms with Gasteiger partial charge < -0.3 is 20.3 Å². The van der Waals surface area contributed by atoms with Crippen molar-refractivity contribution >= 4 is 36.2 Å². The molecule has 0 bridgehead atoms. The molecular formula is C30H41N3O4S. The minimum absolute atomic E-state index is 0.0707. The summed E-state index contributed by atoms with van der Waals surface area (Å²) in [6.07, 6.45) is 2.73. The summed E-state index contributed by atoms with van der Waals surface area (Å²) in [5.41, 5.74) is 3.79. The van der Waals surface area contributed by atoms with Crippen molar-refractivity contribution in [3.63, 3.8) is 0 Å². The van der Waals surface area contributed by atoms with E-state index in [-0.39, 0.29) is 23.6 Å². The number of nitrogens with one attached hydrogen (secondary N) is 2. The zero-order chi connectivity index (χ0) is 28.0. The Hall–Kier alpha value is -3.00. The van der Waals surface area contributed by atoms with E-state index in [1.54, 1.807) is 25.7 Å². The first-order valence-electron chi connectivity index (χ1n) is 13.3. The van der Waals surface area contributed by atoms with Gasteiger partial charge in [0.2, 0.25) is 5.91 Å². The van der Waals surface area contributed by atoms with Gasteiger partial charge in [-0.3, -0.25) is 9.59 Å². The molecule has 2 unspecified atom stereocenters. The number of hydrogen-bond donors (Lipinski definition) is 3. The molecule has 206 valence electrons. The van der Waals surface area contributed by atoms with E-state index < -0.39 is 23.8 Å². The Morgan fingerprint density at radius 1 is 1.05 bits per heavy atom. The number of ether oxygens (including phenoxy) is 1. The third-order valence-corrected chi connectivity index (χ3v) is 7.22. The monoisotopic (exact) mass is 539 g/mol. The van der Waals surface area contributed by atoms with Crippen LogP contribution in [-0.2, 0) is 20.7 Å². The number of anilines is 1. The normalized spacial score (nSPS) is 15.1. The van der Waals surface area contributed by atoms with Gasteiger partial charge in [-0.15, -0.1) is 0 Å². The number of aryl methyl sites for hydroxylation is 3. The molecule has 7 nitrogen and oxygen atoms in total. The first-order chi connectivity index (χ1) is 17.9. The van der Waals surface area contributed by atoms with Crippen LogP contribution < -0.4 is 10.6 Å². The molecule has 1 aliphatic rings. The lowest BCUT2D eigenvalue weighted by molar-refractivity contribution is -0.145. The molecule has 8 heteroatoms. The highest BCUT2D eigenvalue weighted by atomic mass is 32.1. The minimum atomic E-state index is -0.945. The topological polar surface area (TPSA) is 87.7 Å². The van der Waals surface area contributed by atoms with Crippen LogP contribution in [0.4, 0.5) is 10.5 Å². The molecular weight excluding hydrogens is 498 g/mol. The molecule has 38 heavy (non-hydrogen) atoms. The second kappa shape index (κ2) is 12.7. The Morgan fingerprint density at radius 3 is 2.13 bits per heavy atom. The molecule has 0 radical (unpaired) electrons. The van der Waals surface area contributed by atoms with Gasteiger partial charge in [0.25, 0.3) is 5.91 Å². The van der Waals surface area contributed by atoms with Crippen molar-refractivity contribution in [3.8, 4) is 0 Å². The van der Waals surface area contributed by atoms with Gasteiger partial charge in [-0.1, -0.05) is 49.4 Å². The fourth-order valence-electron chi connectivity index (χ4n) is 4.58. The second-order valence-electron chi connectivity index (χ2n) is 11.0. The number of hydrogen-bond acceptors (Lipinski definition) is 5. The lowest BCUT2D eigenvalue weighted by Gasteiger charge is -2.43. The zero-order valence-corrected chi connectivity index (χ0v) is 24.2. The van der Waals surface area contributed by atoms with Gasteiger partial charge in [0, 0.05) is 17.5 Å². The summed E-state index contributed by atoms with van der Waals surface area (Å²) in [6, 6.07) is 11.7. The highest BCUT2D eigenvalue weighted by Crippen LogP contribution is 2.35. The van der Waals surface area contributed by atoms with Crippen molar-refractivity contribution in [2.75, 3.05) is 11.1 Å². The van der Waals surface area contributed by atoms with Crippen LogP contribution in [0, 0.1) is 13.8 Å². The van der Waals surface area contributed by atoms with Crippen LogP contribution in [0.3, 0.4) is 0 Å². The molecule has 3 rings (SSSR count). The Balaban J connectivity index is 2.01. The number of para-hydroxylation sites is 1. The Kier molecular flexibility index (Phi) is 9.88. The van der Waals surface area contributed by atoms with Crippen LogP contribution in [0.1, 0.15) is 75.3 Å². The maximum Gasteiger partial charge on any atom is 0.408 e. The molecule has 1 fully saturated rings. The van der Waals surface area contributed by atoms with Crippen LogP contribution in [0.5, 0.6) is 0 Å². The first-order valence-corrected chi connectivity index (χ1v) is 14.0. The third kappa shape index (κ3) is 7.31. The molecule has 2 aromatic rings. The molecule has 0 saturated heterocycles. The van der Waals surface area contributed by atoms with Crippen molar-refractivity contribution in [1.29, 1.82) is 0 Å². The highest BCUT2D eigenvalue weighted by molar-refractivity contribution is 7.80. The molecule has 0 aliphatic heterocycles. The molecule has 1 saturated carbocycles. The number of thiol groups is 1. The van der Waals surface area contributed by atoms with Crippen LogP contribution in [0.25, 0.3) is 0 Å². The number of benzene rings is 2. The first kappa shape index (κ1) is 29.6. The SMILES string of the molecule is CCc1ccc(C(C(=O)Nc2c(C)cccc2C)N(C(=O)C(CS)NC(=O)OC(C)(C)C)C2CCC2)cc1. The van der Waals surface area contributed by atoms with E-state index in [2.05, 4.69) is 30.2 Å². The number of carbonyl (C=O) groups is 3. The van der Waals surface area contributed by atoms with Gasteiger partial charge in [-0.25, -0.2) is 4.79 Å². The third-order valence-electron chi connectivity index (χ3n) is 6.85. The molecule has 3 amide bonds. The maximum atomic E-state index is 14.1. The number of alkyl carbamates (subject to hydrolysis) is 1. The molecule has 0 spiro atoms. The standard InChI is InChI=1S/C30H41N3O4S/c1-7-21-14-16-22(17-15-21)26(27(34)32-25-19(2)10-8-11-20(25)3)33(23-12-9-13-23)28(35)24(18-38)31-29(36)37-30(4,5)6/h8,10-11,14-17,23-24,26,38H,7,9,12-13,18H2,1-6H3,(H,31,36)(H,32,34). The highest BCUT2D eigenvalue weighted by Gasteiger charge is 2.42. The number of rotatable bonds is 9. The molecule has 1 aliphatic carbocycles. The van der Waals surface area contributed by atoms with Crippen LogP contribution in [0.15, 0.2) is 42.5 Å². The van der Waals surface area contributed by atoms with E-state index in [1.165, 1.54) is 0 Å². The Bertz CT molecular complexity index is 1120. The quantitative estimate of drug-likeness (QED) is 0.354. The van der Waals surface area contributed by atoms with Gasteiger partial charge >= 0.3 is 6.09 Å².